The van der Waals surface area contributed by atoms with Crippen LogP contribution < -0.4 is 21.1 Å². The zero-order chi connectivity index (χ0) is 35.6. The van der Waals surface area contributed by atoms with Crippen molar-refractivity contribution in [3.63, 3.8) is 0 Å². The number of fused-ring (bicyclic) bond motifs is 7. The third kappa shape index (κ3) is 4.16. The molecule has 1 spiro atoms. The van der Waals surface area contributed by atoms with Crippen LogP contribution in [0, 0.1) is 17.8 Å². The maximum atomic E-state index is 14.2. The summed E-state index contributed by atoms with van der Waals surface area (Å²) in [7, 11) is 0. The van der Waals surface area contributed by atoms with Crippen LogP contribution in [-0.4, -0.2) is 38.9 Å². The van der Waals surface area contributed by atoms with Gasteiger partial charge in [-0.2, -0.15) is 0 Å². The van der Waals surface area contributed by atoms with E-state index in [0.29, 0.717) is 41.2 Å². The molecule has 0 saturated carbocycles. The molecule has 10 bridgehead atoms. The minimum Gasteiger partial charge on any atom is -0.469 e. The molecule has 3 aromatic carbocycles. The lowest BCUT2D eigenvalue weighted by Gasteiger charge is -2.29. The first-order chi connectivity index (χ1) is 25.1. The number of para-hydroxylation sites is 1. The van der Waals surface area contributed by atoms with Crippen molar-refractivity contribution in [2.75, 3.05) is 5.32 Å². The molecular weight excluding hydrogens is 656 g/mol. The first kappa shape index (κ1) is 31.1. The van der Waals surface area contributed by atoms with Crippen molar-refractivity contribution in [1.29, 1.82) is 0 Å². The molecule has 1 unspecified atom stereocenters. The number of amides is 1. The van der Waals surface area contributed by atoms with Gasteiger partial charge in [0.15, 0.2) is 29.2 Å². The predicted molar refractivity (Wildman–Crippen MR) is 194 cm³/mol. The van der Waals surface area contributed by atoms with Gasteiger partial charge in [0, 0.05) is 57.4 Å². The number of rotatable bonds is 5. The lowest BCUT2D eigenvalue weighted by atomic mass is 9.72. The van der Waals surface area contributed by atoms with Crippen LogP contribution in [0.5, 0.6) is 5.75 Å². The second kappa shape index (κ2) is 10.9. The molecule has 262 valence electrons. The van der Waals surface area contributed by atoms with Crippen molar-refractivity contribution in [2.45, 2.75) is 64.3 Å². The first-order valence-electron chi connectivity index (χ1n) is 18.0. The van der Waals surface area contributed by atoms with Gasteiger partial charge in [-0.3, -0.25) is 9.59 Å². The van der Waals surface area contributed by atoms with Crippen LogP contribution in [0.15, 0.2) is 75.8 Å². The molecule has 5 N–H and O–H groups in total. The molecule has 7 heterocycles. The minimum absolute atomic E-state index is 0.0123. The molecule has 10 rings (SSSR count). The van der Waals surface area contributed by atoms with E-state index in [1.165, 1.54) is 0 Å². The quantitative estimate of drug-likeness (QED) is 0.151. The smallest absolute Gasteiger partial charge is 0.249 e. The molecule has 0 radical (unpaired) electrons. The van der Waals surface area contributed by atoms with Crippen LogP contribution in [0.3, 0.4) is 0 Å². The number of nitrogens with one attached hydrogen (secondary N) is 3. The predicted octanol–water partition coefficient (Wildman–Crippen LogP) is 6.86. The molecule has 0 fully saturated rings. The van der Waals surface area contributed by atoms with E-state index < -0.39 is 29.6 Å². The van der Waals surface area contributed by atoms with Gasteiger partial charge >= 0.3 is 0 Å². The second-order valence-corrected chi connectivity index (χ2v) is 15.3. The molecule has 52 heavy (non-hydrogen) atoms. The Labute approximate surface area is 299 Å². The molecule has 6 aromatic rings. The van der Waals surface area contributed by atoms with E-state index in [4.69, 9.17) is 29.3 Å². The van der Waals surface area contributed by atoms with Crippen molar-refractivity contribution in [3.8, 4) is 39.8 Å². The lowest BCUT2D eigenvalue weighted by Crippen LogP contribution is -2.42. The molecule has 3 aromatic heterocycles. The molecule has 1 amide bonds. The molecule has 11 nitrogen and oxygen atoms in total. The third-order valence-corrected chi connectivity index (χ3v) is 11.5. The summed E-state index contributed by atoms with van der Waals surface area (Å²) in [5, 5.41) is 8.04. The number of Topliss-reactive ketones (excluding diaryl/α,β-unsaturated/α-hetero) is 1. The number of aromatic nitrogens is 3. The molecule has 5 atom stereocenters. The van der Waals surface area contributed by atoms with Crippen LogP contribution >= 0.6 is 0 Å². The number of carbonyl (C=O) groups excluding carboxylic acids is 2. The normalized spacial score (nSPS) is 22.7. The summed E-state index contributed by atoms with van der Waals surface area (Å²) in [6.07, 6.45) is 3.42. The maximum Gasteiger partial charge on any atom is 0.249 e. The second-order valence-electron chi connectivity index (χ2n) is 15.3. The Balaban J connectivity index is 1.28. The van der Waals surface area contributed by atoms with Gasteiger partial charge in [-0.25, -0.2) is 9.97 Å². The van der Waals surface area contributed by atoms with E-state index in [9.17, 15) is 9.59 Å². The van der Waals surface area contributed by atoms with E-state index >= 15 is 0 Å². The van der Waals surface area contributed by atoms with Crippen LogP contribution in [0.2, 0.25) is 0 Å². The van der Waals surface area contributed by atoms with E-state index in [2.05, 4.69) is 52.0 Å². The highest BCUT2D eigenvalue weighted by molar-refractivity contribution is 6.07. The van der Waals surface area contributed by atoms with Gasteiger partial charge in [0.1, 0.15) is 17.2 Å². The monoisotopic (exact) mass is 694 g/mol. The van der Waals surface area contributed by atoms with Crippen molar-refractivity contribution in [2.24, 2.45) is 23.5 Å². The minimum atomic E-state index is -1.02. The van der Waals surface area contributed by atoms with Crippen LogP contribution in [0.1, 0.15) is 68.5 Å². The van der Waals surface area contributed by atoms with Gasteiger partial charge in [0.25, 0.3) is 0 Å². The van der Waals surface area contributed by atoms with E-state index in [0.717, 1.165) is 50.0 Å². The molecule has 4 aliphatic rings. The van der Waals surface area contributed by atoms with Crippen molar-refractivity contribution >= 4 is 28.3 Å². The zero-order valence-electron chi connectivity index (χ0n) is 29.2. The summed E-state index contributed by atoms with van der Waals surface area (Å²) < 4.78 is 20.5. The number of oxazole rings is 2. The number of hydrogen-bond donors (Lipinski definition) is 4. The number of nitrogens with zero attached hydrogens (tertiary/aromatic N) is 2. The summed E-state index contributed by atoms with van der Waals surface area (Å²) in [4.78, 5) is 41.1. The lowest BCUT2D eigenvalue weighted by molar-refractivity contribution is -0.131. The largest absolute Gasteiger partial charge is 0.469 e. The number of anilines is 1. The van der Waals surface area contributed by atoms with Gasteiger partial charge < -0.3 is 34.9 Å². The van der Waals surface area contributed by atoms with Crippen LogP contribution in [0.25, 0.3) is 44.9 Å². The van der Waals surface area contributed by atoms with Crippen molar-refractivity contribution in [3.05, 3.63) is 95.3 Å². The Kier molecular flexibility index (Phi) is 6.52. The molecule has 11 heteroatoms. The highest BCUT2D eigenvalue weighted by Gasteiger charge is 2.61. The highest BCUT2D eigenvalue weighted by Crippen LogP contribution is 2.61. The standard InChI is InChI=1S/C41H38N6O5/c1-18(2)32(42)28(48)15-21-13-20-11-12-29-26(14-20)41-25-9-5-8-23(34(25)47-40(41)51-29)22-7-6-10-27-31(22)24(16-43-27)30-17-44-38(50-30)35-36(41)52-39(46-35)33(19(3)4)45-37(21)49/h5-12,14,16-19,21,32-33,40,43,47H,13,15,42H2,1-4H3,(H,45,49)/t21-,32+,33+,40+,41?/m1/s1. The van der Waals surface area contributed by atoms with Gasteiger partial charge in [0.05, 0.1) is 12.2 Å². The molecule has 0 saturated heterocycles. The van der Waals surface area contributed by atoms with Crippen molar-refractivity contribution in [1.82, 2.24) is 20.3 Å². The Hall–Kier alpha value is -5.68. The average Bonchev–Trinajstić information content (AvgIpc) is 3.95. The topological polar surface area (TPSA) is 161 Å². The number of hydrogen-bond acceptors (Lipinski definition) is 9. The fraction of sp³-hybridized carbons (Fsp3) is 0.317. The number of aromatic amines is 1. The van der Waals surface area contributed by atoms with Crippen LogP contribution in [-0.2, 0) is 21.4 Å². The maximum absolute atomic E-state index is 14.2. The SMILES string of the molecule is CC(C)[C@H](N)C(=O)C[C@H]1Cc2ccc3c(c2)C24c5cccc(c5N[C@H]2O3)-c2cccc3[nH]cc(c23)-c2cnc(o2)-c2nc(oc24)[C@H](C(C)C)NC1=O. The Morgan fingerprint density at radius 1 is 1.00 bits per heavy atom. The number of benzene rings is 3. The Bertz CT molecular complexity index is 2470. The number of carbonyl (C=O) groups is 2. The summed E-state index contributed by atoms with van der Waals surface area (Å²) in [6, 6.07) is 17.3. The molecule has 4 aliphatic heterocycles. The number of nitrogens with two attached hydrogens (primary N) is 1. The van der Waals surface area contributed by atoms with Gasteiger partial charge in [-0.1, -0.05) is 70.2 Å². The highest BCUT2D eigenvalue weighted by atomic mass is 16.5. The fourth-order valence-corrected chi connectivity index (χ4v) is 8.72. The summed E-state index contributed by atoms with van der Waals surface area (Å²) in [5.41, 5.74) is 13.3. The van der Waals surface area contributed by atoms with E-state index in [1.807, 2.05) is 52.1 Å². The summed E-state index contributed by atoms with van der Waals surface area (Å²) in [5.74, 6) is 1.17. The van der Waals surface area contributed by atoms with Crippen LogP contribution in [0.4, 0.5) is 5.69 Å². The molecular formula is C41H38N6O5. The zero-order valence-corrected chi connectivity index (χ0v) is 29.2. The number of ketones is 1. The fourth-order valence-electron chi connectivity index (χ4n) is 8.72. The van der Waals surface area contributed by atoms with E-state index in [-0.39, 0.29) is 29.9 Å². The summed E-state index contributed by atoms with van der Waals surface area (Å²) in [6.45, 7) is 7.85. The van der Waals surface area contributed by atoms with Gasteiger partial charge in [-0.05, 0) is 41.5 Å². The van der Waals surface area contributed by atoms with E-state index in [1.54, 1.807) is 6.20 Å². The van der Waals surface area contributed by atoms with Crippen molar-refractivity contribution < 1.29 is 23.2 Å². The van der Waals surface area contributed by atoms with Gasteiger partial charge in [-0.15, -0.1) is 0 Å². The summed E-state index contributed by atoms with van der Waals surface area (Å²) >= 11 is 0. The third-order valence-electron chi connectivity index (χ3n) is 11.5. The Morgan fingerprint density at radius 3 is 2.65 bits per heavy atom. The average molecular weight is 695 g/mol. The number of H-pyrrole nitrogens is 1. The van der Waals surface area contributed by atoms with Gasteiger partial charge in [0.2, 0.25) is 17.7 Å². The molecule has 0 aliphatic carbocycles. The number of ether oxygens (including phenoxy) is 1. The first-order valence-corrected chi connectivity index (χ1v) is 18.0. The Morgan fingerprint density at radius 2 is 1.83 bits per heavy atom.